The Morgan fingerprint density at radius 1 is 0.667 bits per heavy atom. The Hall–Kier alpha value is -5.18. The van der Waals surface area contributed by atoms with Crippen LogP contribution in [0.3, 0.4) is 0 Å². The van der Waals surface area contributed by atoms with Gasteiger partial charge >= 0.3 is 0 Å². The van der Waals surface area contributed by atoms with Crippen LogP contribution in [0, 0.1) is 45.3 Å². The molecule has 0 radical (unpaired) electrons. The highest BCUT2D eigenvalue weighted by Crippen LogP contribution is 2.44. The molecule has 2 aliphatic rings. The van der Waals surface area contributed by atoms with Crippen molar-refractivity contribution in [3.8, 4) is 35.8 Å². The Morgan fingerprint density at radius 3 is 2.00 bits per heavy atom. The number of nitriles is 4. The van der Waals surface area contributed by atoms with Crippen molar-refractivity contribution in [3.05, 3.63) is 59.3 Å². The lowest BCUT2D eigenvalue weighted by molar-refractivity contribution is 0.455. The normalized spacial score (nSPS) is 12.8. The van der Waals surface area contributed by atoms with Crippen molar-refractivity contribution in [2.24, 2.45) is 0 Å². The zero-order valence-corrected chi connectivity index (χ0v) is 15.1. The summed E-state index contributed by atoms with van der Waals surface area (Å²) in [4.78, 5) is 0. The molecular weight excluding hydrogens is 380 g/mol. The first-order chi connectivity index (χ1) is 14.6. The summed E-state index contributed by atoms with van der Waals surface area (Å²) in [5.74, 6) is 1.25. The summed E-state index contributed by atoms with van der Waals surface area (Å²) in [6, 6.07) is 18.6. The molecule has 138 valence electrons. The first kappa shape index (κ1) is 17.0. The predicted molar refractivity (Wildman–Crippen MR) is 106 cm³/mol. The van der Waals surface area contributed by atoms with Crippen molar-refractivity contribution in [1.29, 1.82) is 21.0 Å². The van der Waals surface area contributed by atoms with E-state index in [4.69, 9.17) is 30.5 Å². The van der Waals surface area contributed by atoms with Gasteiger partial charge in [0.2, 0.25) is 11.8 Å². The van der Waals surface area contributed by atoms with Gasteiger partial charge in [0.15, 0.2) is 22.6 Å². The molecule has 30 heavy (non-hydrogen) atoms. The SMILES string of the molecule is N#CC(C#N)=C1Nc2cc3cc4ccc5c(c4cc3cc2O1)OC(=C(C#N)C#N)N5. The van der Waals surface area contributed by atoms with E-state index in [1.165, 1.54) is 0 Å². The molecule has 2 heterocycles. The molecule has 0 bridgehead atoms. The number of nitrogens with zero attached hydrogens (tertiary/aromatic N) is 4. The minimum absolute atomic E-state index is 0.110. The van der Waals surface area contributed by atoms with Gasteiger partial charge in [-0.3, -0.25) is 0 Å². The number of rotatable bonds is 0. The standard InChI is InChI=1S/C22H8N6O2/c23-7-14(8-24)21-28-18-5-12-3-11-1-2-17-20(30-22(27-17)15(9-25)10-26)16(11)4-13(12)6-19(18)29-21/h1-6,27-28H. The van der Waals surface area contributed by atoms with E-state index in [1.807, 2.05) is 48.5 Å². The third-order valence-corrected chi connectivity index (χ3v) is 4.84. The number of ether oxygens (including phenoxy) is 2. The Morgan fingerprint density at radius 2 is 1.30 bits per heavy atom. The minimum atomic E-state index is -0.137. The van der Waals surface area contributed by atoms with Gasteiger partial charge in [0, 0.05) is 5.39 Å². The third kappa shape index (κ3) is 2.36. The van der Waals surface area contributed by atoms with Crippen molar-refractivity contribution in [2.75, 3.05) is 10.6 Å². The van der Waals surface area contributed by atoms with Crippen LogP contribution in [0.2, 0.25) is 0 Å². The van der Waals surface area contributed by atoms with Crippen molar-refractivity contribution in [1.82, 2.24) is 0 Å². The van der Waals surface area contributed by atoms with E-state index >= 15 is 0 Å². The van der Waals surface area contributed by atoms with E-state index < -0.39 is 0 Å². The lowest BCUT2D eigenvalue weighted by Crippen LogP contribution is -2.00. The summed E-state index contributed by atoms with van der Waals surface area (Å²) >= 11 is 0. The second kappa shape index (κ2) is 6.17. The van der Waals surface area contributed by atoms with Crippen molar-refractivity contribution < 1.29 is 9.47 Å². The third-order valence-electron chi connectivity index (χ3n) is 4.84. The molecule has 8 heteroatoms. The van der Waals surface area contributed by atoms with Gasteiger partial charge in [-0.25, -0.2) is 0 Å². The van der Waals surface area contributed by atoms with Gasteiger partial charge in [0.05, 0.1) is 11.4 Å². The van der Waals surface area contributed by atoms with Gasteiger partial charge in [0.25, 0.3) is 0 Å². The maximum absolute atomic E-state index is 9.09. The molecule has 3 aromatic carbocycles. The van der Waals surface area contributed by atoms with E-state index in [2.05, 4.69) is 10.6 Å². The summed E-state index contributed by atoms with van der Waals surface area (Å²) in [7, 11) is 0. The van der Waals surface area contributed by atoms with Crippen LogP contribution < -0.4 is 20.1 Å². The van der Waals surface area contributed by atoms with Crippen LogP contribution in [0.15, 0.2) is 59.3 Å². The Balaban J connectivity index is 1.67. The quantitative estimate of drug-likeness (QED) is 0.433. The molecule has 0 fully saturated rings. The Labute approximate surface area is 169 Å². The van der Waals surface area contributed by atoms with E-state index in [-0.39, 0.29) is 22.9 Å². The monoisotopic (exact) mass is 388 g/mol. The smallest absolute Gasteiger partial charge is 0.226 e. The molecule has 0 aromatic heterocycles. The highest BCUT2D eigenvalue weighted by molar-refractivity contribution is 6.05. The van der Waals surface area contributed by atoms with E-state index in [9.17, 15) is 0 Å². The van der Waals surface area contributed by atoms with Crippen LogP contribution in [0.25, 0.3) is 21.5 Å². The van der Waals surface area contributed by atoms with E-state index in [1.54, 1.807) is 12.1 Å². The predicted octanol–water partition coefficient (Wildman–Crippen LogP) is 4.12. The van der Waals surface area contributed by atoms with Crippen LogP contribution >= 0.6 is 0 Å². The molecule has 2 N–H and O–H groups in total. The lowest BCUT2D eigenvalue weighted by atomic mass is 10.0. The number of hydrogen-bond donors (Lipinski definition) is 2. The summed E-state index contributed by atoms with van der Waals surface area (Å²) < 4.78 is 11.4. The van der Waals surface area contributed by atoms with Crippen LogP contribution in [-0.2, 0) is 0 Å². The fourth-order valence-corrected chi connectivity index (χ4v) is 3.45. The molecular formula is C22H8N6O2. The highest BCUT2D eigenvalue weighted by atomic mass is 16.5. The molecule has 0 saturated carbocycles. The largest absolute Gasteiger partial charge is 0.437 e. The fraction of sp³-hybridized carbons (Fsp3) is 0. The topological polar surface area (TPSA) is 138 Å². The molecule has 0 unspecified atom stereocenters. The second-order valence-electron chi connectivity index (χ2n) is 6.52. The zero-order valence-electron chi connectivity index (χ0n) is 15.1. The van der Waals surface area contributed by atoms with Gasteiger partial charge in [0.1, 0.15) is 24.3 Å². The molecule has 0 amide bonds. The molecule has 0 aliphatic carbocycles. The van der Waals surface area contributed by atoms with E-state index in [0.717, 1.165) is 21.5 Å². The number of fused-ring (bicyclic) bond motifs is 5. The molecule has 5 rings (SSSR count). The Bertz CT molecular complexity index is 1500. The van der Waals surface area contributed by atoms with Gasteiger partial charge in [-0.2, -0.15) is 21.0 Å². The lowest BCUT2D eigenvalue weighted by Gasteiger charge is -2.07. The molecule has 0 atom stereocenters. The van der Waals surface area contributed by atoms with Gasteiger partial charge in [-0.15, -0.1) is 0 Å². The summed E-state index contributed by atoms with van der Waals surface area (Å²) in [5, 5.41) is 45.7. The van der Waals surface area contributed by atoms with Crippen LogP contribution in [-0.4, -0.2) is 0 Å². The number of nitrogens with one attached hydrogen (secondary N) is 2. The number of allylic oxidation sites excluding steroid dienone is 2. The summed E-state index contributed by atoms with van der Waals surface area (Å²) in [5.41, 5.74) is 1.05. The molecule has 0 saturated heterocycles. The minimum Gasteiger partial charge on any atom is -0.437 e. The first-order valence-corrected chi connectivity index (χ1v) is 8.68. The maximum atomic E-state index is 9.09. The van der Waals surface area contributed by atoms with Crippen LogP contribution in [0.1, 0.15) is 0 Å². The molecule has 0 spiro atoms. The molecule has 2 aliphatic heterocycles. The Kier molecular flexibility index (Phi) is 3.49. The van der Waals surface area contributed by atoms with Crippen LogP contribution in [0.5, 0.6) is 11.5 Å². The van der Waals surface area contributed by atoms with Gasteiger partial charge < -0.3 is 20.1 Å². The van der Waals surface area contributed by atoms with Crippen molar-refractivity contribution >= 4 is 32.9 Å². The number of anilines is 2. The highest BCUT2D eigenvalue weighted by Gasteiger charge is 2.25. The zero-order chi connectivity index (χ0) is 20.8. The average Bonchev–Trinajstić information content (AvgIpc) is 3.36. The molecule has 3 aromatic rings. The van der Waals surface area contributed by atoms with Gasteiger partial charge in [-0.05, 0) is 46.5 Å². The van der Waals surface area contributed by atoms with Crippen LogP contribution in [0.4, 0.5) is 11.4 Å². The molecule has 8 nitrogen and oxygen atoms in total. The fourth-order valence-electron chi connectivity index (χ4n) is 3.45. The maximum Gasteiger partial charge on any atom is 0.226 e. The summed E-state index contributed by atoms with van der Waals surface area (Å²) in [6.45, 7) is 0. The van der Waals surface area contributed by atoms with Crippen molar-refractivity contribution in [3.63, 3.8) is 0 Å². The first-order valence-electron chi connectivity index (χ1n) is 8.68. The number of hydrogen-bond acceptors (Lipinski definition) is 8. The second-order valence-corrected chi connectivity index (χ2v) is 6.52. The van der Waals surface area contributed by atoms with E-state index in [0.29, 0.717) is 22.9 Å². The van der Waals surface area contributed by atoms with Gasteiger partial charge in [-0.1, -0.05) is 6.07 Å². The summed E-state index contributed by atoms with van der Waals surface area (Å²) in [6.07, 6.45) is 0. The average molecular weight is 388 g/mol. The van der Waals surface area contributed by atoms with Crippen molar-refractivity contribution in [2.45, 2.75) is 0 Å². The number of benzene rings is 3.